The zero-order chi connectivity index (χ0) is 22.7. The van der Waals surface area contributed by atoms with Crippen LogP contribution in [0.1, 0.15) is 77.8 Å². The normalized spacial score (nSPS) is 33.1. The van der Waals surface area contributed by atoms with E-state index < -0.39 is 0 Å². The lowest BCUT2D eigenvalue weighted by Crippen LogP contribution is -2.51. The summed E-state index contributed by atoms with van der Waals surface area (Å²) in [6, 6.07) is 19.4. The molecule has 4 atom stereocenters. The first-order valence-corrected chi connectivity index (χ1v) is 11.5. The molecule has 0 unspecified atom stereocenters. The van der Waals surface area contributed by atoms with Crippen LogP contribution in [0.2, 0.25) is 0 Å². The number of fused-ring (bicyclic) bond motifs is 9. The summed E-state index contributed by atoms with van der Waals surface area (Å²) in [5.74, 6) is 0. The molecule has 0 aromatic heterocycles. The SMILES string of the molecule is C[C@@]12c3ccc(CO)cc3[C@@]3(C)c4cc(CO)ccc4[C@@](C)(c4cc(CO)ccc41)[C@@]23C. The minimum atomic E-state index is -0.296. The van der Waals surface area contributed by atoms with E-state index in [2.05, 4.69) is 76.2 Å². The van der Waals surface area contributed by atoms with Crippen molar-refractivity contribution < 1.29 is 15.3 Å². The monoisotopic (exact) mass is 426 g/mol. The maximum Gasteiger partial charge on any atom is 0.0681 e. The minimum Gasteiger partial charge on any atom is -0.392 e. The molecule has 6 rings (SSSR count). The first-order chi connectivity index (χ1) is 15.2. The van der Waals surface area contributed by atoms with Gasteiger partial charge in [0, 0.05) is 21.7 Å². The number of aliphatic hydroxyl groups excluding tert-OH is 3. The average Bonchev–Trinajstić information content (AvgIpc) is 3.18. The Hall–Kier alpha value is -2.46. The topological polar surface area (TPSA) is 60.7 Å². The van der Waals surface area contributed by atoms with Gasteiger partial charge in [0.1, 0.15) is 0 Å². The molecule has 0 spiro atoms. The molecule has 0 amide bonds. The standard InChI is InChI=1S/C29H30O3/c1-26-20-8-5-17(14-30)11-23(20)27(2)22-10-7-19(16-32)13-25(22)28(3,29(26,27)4)24-12-18(15-31)6-9-21(24)26/h5-13,30-32H,14-16H2,1-4H3/t26-,27-,28-,29+/m0/s1. The van der Waals surface area contributed by atoms with Crippen LogP contribution in [0.15, 0.2) is 54.6 Å². The molecular weight excluding hydrogens is 396 g/mol. The van der Waals surface area contributed by atoms with Gasteiger partial charge in [-0.3, -0.25) is 0 Å². The molecule has 3 heteroatoms. The molecule has 0 heterocycles. The molecule has 0 saturated heterocycles. The van der Waals surface area contributed by atoms with Crippen molar-refractivity contribution in [2.45, 2.75) is 63.8 Å². The highest BCUT2D eigenvalue weighted by atomic mass is 16.3. The Morgan fingerprint density at radius 1 is 0.469 bits per heavy atom. The van der Waals surface area contributed by atoms with Crippen molar-refractivity contribution in [1.82, 2.24) is 0 Å². The molecule has 0 bridgehead atoms. The highest BCUT2D eigenvalue weighted by Crippen LogP contribution is 2.82. The van der Waals surface area contributed by atoms with Gasteiger partial charge in [-0.2, -0.15) is 0 Å². The van der Waals surface area contributed by atoms with Crippen LogP contribution in [0.4, 0.5) is 0 Å². The van der Waals surface area contributed by atoms with Gasteiger partial charge in [-0.25, -0.2) is 0 Å². The van der Waals surface area contributed by atoms with E-state index in [1.54, 1.807) is 0 Å². The lowest BCUT2D eigenvalue weighted by molar-refractivity contribution is 0.0996. The van der Waals surface area contributed by atoms with Gasteiger partial charge in [0.05, 0.1) is 19.8 Å². The molecule has 3 aromatic rings. The van der Waals surface area contributed by atoms with Crippen LogP contribution >= 0.6 is 0 Å². The Bertz CT molecular complexity index is 1310. The molecule has 3 aliphatic carbocycles. The third-order valence-corrected chi connectivity index (χ3v) is 10.0. The van der Waals surface area contributed by atoms with E-state index in [-0.39, 0.29) is 41.5 Å². The lowest BCUT2D eigenvalue weighted by Gasteiger charge is -2.49. The summed E-state index contributed by atoms with van der Waals surface area (Å²) in [4.78, 5) is 0. The van der Waals surface area contributed by atoms with Gasteiger partial charge in [-0.1, -0.05) is 82.3 Å². The van der Waals surface area contributed by atoms with Crippen molar-refractivity contribution in [2.75, 3.05) is 0 Å². The van der Waals surface area contributed by atoms with Crippen LogP contribution in [-0.4, -0.2) is 15.3 Å². The van der Waals surface area contributed by atoms with Crippen LogP contribution in [0.25, 0.3) is 0 Å². The second-order valence-corrected chi connectivity index (χ2v) is 10.6. The summed E-state index contributed by atoms with van der Waals surface area (Å²) in [5.41, 5.74) is 9.62. The quantitative estimate of drug-likeness (QED) is 0.581. The van der Waals surface area contributed by atoms with Crippen LogP contribution < -0.4 is 0 Å². The highest BCUT2D eigenvalue weighted by molar-refractivity contribution is 5.77. The van der Waals surface area contributed by atoms with Crippen molar-refractivity contribution in [3.8, 4) is 0 Å². The number of benzene rings is 3. The molecule has 3 aromatic carbocycles. The van der Waals surface area contributed by atoms with E-state index in [0.29, 0.717) is 0 Å². The summed E-state index contributed by atoms with van der Waals surface area (Å²) >= 11 is 0. The number of aliphatic hydroxyl groups is 3. The fourth-order valence-corrected chi connectivity index (χ4v) is 8.17. The van der Waals surface area contributed by atoms with Gasteiger partial charge in [0.2, 0.25) is 0 Å². The van der Waals surface area contributed by atoms with Crippen molar-refractivity contribution in [2.24, 2.45) is 5.41 Å². The fourth-order valence-electron chi connectivity index (χ4n) is 8.17. The Balaban J connectivity index is 1.84. The average molecular weight is 427 g/mol. The van der Waals surface area contributed by atoms with Gasteiger partial charge in [0.15, 0.2) is 0 Å². The van der Waals surface area contributed by atoms with E-state index in [9.17, 15) is 15.3 Å². The number of rotatable bonds is 3. The zero-order valence-corrected chi connectivity index (χ0v) is 19.2. The summed E-state index contributed by atoms with van der Waals surface area (Å²) in [5, 5.41) is 29.8. The molecule has 3 aliphatic rings. The van der Waals surface area contributed by atoms with Crippen molar-refractivity contribution >= 4 is 0 Å². The van der Waals surface area contributed by atoms with Gasteiger partial charge in [-0.15, -0.1) is 0 Å². The van der Waals surface area contributed by atoms with E-state index in [1.807, 2.05) is 6.07 Å². The van der Waals surface area contributed by atoms with Gasteiger partial charge in [0.25, 0.3) is 0 Å². The predicted octanol–water partition coefficient (Wildman–Crippen LogP) is 4.43. The molecule has 3 N–H and O–H groups in total. The Kier molecular flexibility index (Phi) is 3.72. The second kappa shape index (κ2) is 5.91. The summed E-state index contributed by atoms with van der Waals surface area (Å²) < 4.78 is 0. The summed E-state index contributed by atoms with van der Waals surface area (Å²) in [6.07, 6.45) is 0. The molecule has 0 fully saturated rings. The van der Waals surface area contributed by atoms with Crippen LogP contribution in [-0.2, 0) is 36.1 Å². The van der Waals surface area contributed by atoms with Crippen LogP contribution in [0, 0.1) is 5.41 Å². The molecule has 3 nitrogen and oxygen atoms in total. The first kappa shape index (κ1) is 20.2. The third kappa shape index (κ3) is 1.74. The van der Waals surface area contributed by atoms with Gasteiger partial charge in [-0.05, 0) is 50.1 Å². The van der Waals surface area contributed by atoms with Crippen molar-refractivity contribution in [3.05, 3.63) is 105 Å². The maximum atomic E-state index is 9.95. The first-order valence-electron chi connectivity index (χ1n) is 11.5. The Morgan fingerprint density at radius 3 is 1.06 bits per heavy atom. The summed E-state index contributed by atoms with van der Waals surface area (Å²) in [7, 11) is 0. The zero-order valence-electron chi connectivity index (χ0n) is 19.2. The largest absolute Gasteiger partial charge is 0.392 e. The smallest absolute Gasteiger partial charge is 0.0681 e. The maximum absolute atomic E-state index is 9.95. The second-order valence-electron chi connectivity index (χ2n) is 10.6. The van der Waals surface area contributed by atoms with E-state index in [4.69, 9.17) is 0 Å². The Morgan fingerprint density at radius 2 is 0.750 bits per heavy atom. The lowest BCUT2D eigenvalue weighted by atomic mass is 9.52. The molecule has 164 valence electrons. The van der Waals surface area contributed by atoms with Crippen molar-refractivity contribution in [1.29, 1.82) is 0 Å². The molecule has 0 radical (unpaired) electrons. The molecule has 0 aliphatic heterocycles. The number of hydrogen-bond acceptors (Lipinski definition) is 3. The third-order valence-electron chi connectivity index (χ3n) is 10.0. The van der Waals surface area contributed by atoms with Crippen LogP contribution in [0.3, 0.4) is 0 Å². The van der Waals surface area contributed by atoms with E-state index in [0.717, 1.165) is 16.7 Å². The highest BCUT2D eigenvalue weighted by Gasteiger charge is 2.79. The van der Waals surface area contributed by atoms with E-state index >= 15 is 0 Å². The summed E-state index contributed by atoms with van der Waals surface area (Å²) in [6.45, 7) is 9.62. The predicted molar refractivity (Wildman–Crippen MR) is 125 cm³/mol. The molecule has 0 saturated carbocycles. The fraction of sp³-hybridized carbons (Fsp3) is 0.379. The van der Waals surface area contributed by atoms with Gasteiger partial charge < -0.3 is 15.3 Å². The molecule has 32 heavy (non-hydrogen) atoms. The molecular formula is C29H30O3. The minimum absolute atomic E-state index is 0.0167. The van der Waals surface area contributed by atoms with E-state index in [1.165, 1.54) is 33.4 Å². The van der Waals surface area contributed by atoms with Crippen molar-refractivity contribution in [3.63, 3.8) is 0 Å². The van der Waals surface area contributed by atoms with Crippen LogP contribution in [0.5, 0.6) is 0 Å². The number of hydrogen-bond donors (Lipinski definition) is 3. The van der Waals surface area contributed by atoms with Gasteiger partial charge >= 0.3 is 0 Å². The Labute approximate surface area is 189 Å².